The standard InChI is InChI=1S/C16H22N2O2/c1-12-14(5-6-18-7-9-20-10-8-18)15-11-13(19-2)3-4-16(15)17-12/h3-4,11,17H,5-10H2,1-2H3. The number of rotatable bonds is 4. The molecule has 2 heterocycles. The van der Waals surface area contributed by atoms with E-state index in [0.717, 1.165) is 45.0 Å². The Balaban J connectivity index is 1.80. The van der Waals surface area contributed by atoms with E-state index < -0.39 is 0 Å². The number of aromatic amines is 1. The van der Waals surface area contributed by atoms with Gasteiger partial charge in [0, 0.05) is 36.2 Å². The number of aryl methyl sites for hydroxylation is 1. The van der Waals surface area contributed by atoms with Crippen LogP contribution in [0.5, 0.6) is 5.75 Å². The zero-order valence-electron chi connectivity index (χ0n) is 12.2. The summed E-state index contributed by atoms with van der Waals surface area (Å²) in [5, 5.41) is 1.29. The molecule has 0 aliphatic carbocycles. The van der Waals surface area contributed by atoms with E-state index in [2.05, 4.69) is 28.9 Å². The van der Waals surface area contributed by atoms with E-state index in [1.165, 1.54) is 22.2 Å². The number of nitrogens with zero attached hydrogens (tertiary/aromatic N) is 1. The highest BCUT2D eigenvalue weighted by Crippen LogP contribution is 2.26. The minimum atomic E-state index is 0.862. The number of methoxy groups -OCH3 is 1. The van der Waals surface area contributed by atoms with Gasteiger partial charge in [0.05, 0.1) is 20.3 Å². The second kappa shape index (κ2) is 5.85. The van der Waals surface area contributed by atoms with Gasteiger partial charge in [-0.3, -0.25) is 4.90 Å². The van der Waals surface area contributed by atoms with Crippen molar-refractivity contribution in [2.75, 3.05) is 40.0 Å². The first-order valence-electron chi connectivity index (χ1n) is 7.23. The summed E-state index contributed by atoms with van der Waals surface area (Å²) in [6, 6.07) is 6.23. The molecule has 1 aromatic heterocycles. The van der Waals surface area contributed by atoms with Crippen molar-refractivity contribution in [3.05, 3.63) is 29.5 Å². The van der Waals surface area contributed by atoms with Crippen molar-refractivity contribution in [3.63, 3.8) is 0 Å². The average Bonchev–Trinajstić information content (AvgIpc) is 2.80. The summed E-state index contributed by atoms with van der Waals surface area (Å²) in [6.07, 6.45) is 1.07. The second-order valence-electron chi connectivity index (χ2n) is 5.34. The maximum absolute atomic E-state index is 5.40. The van der Waals surface area contributed by atoms with E-state index in [4.69, 9.17) is 9.47 Å². The van der Waals surface area contributed by atoms with Crippen LogP contribution in [0.4, 0.5) is 0 Å². The molecule has 4 nitrogen and oxygen atoms in total. The maximum Gasteiger partial charge on any atom is 0.119 e. The van der Waals surface area contributed by atoms with Crippen LogP contribution in [-0.4, -0.2) is 49.8 Å². The number of morpholine rings is 1. The monoisotopic (exact) mass is 274 g/mol. The van der Waals surface area contributed by atoms with Crippen LogP contribution in [0.2, 0.25) is 0 Å². The molecule has 3 rings (SSSR count). The molecule has 0 amide bonds. The zero-order valence-corrected chi connectivity index (χ0v) is 12.2. The molecule has 20 heavy (non-hydrogen) atoms. The molecule has 0 saturated carbocycles. The Kier molecular flexibility index (Phi) is 3.94. The second-order valence-corrected chi connectivity index (χ2v) is 5.34. The molecule has 2 aromatic rings. The normalized spacial score (nSPS) is 16.7. The predicted octanol–water partition coefficient (Wildman–Crippen LogP) is 2.36. The van der Waals surface area contributed by atoms with Crippen molar-refractivity contribution in [2.45, 2.75) is 13.3 Å². The van der Waals surface area contributed by atoms with Crippen molar-refractivity contribution in [2.24, 2.45) is 0 Å². The van der Waals surface area contributed by atoms with Gasteiger partial charge in [-0.05, 0) is 37.1 Å². The quantitative estimate of drug-likeness (QED) is 0.930. The molecule has 1 N–H and O–H groups in total. The number of ether oxygens (including phenoxy) is 2. The van der Waals surface area contributed by atoms with E-state index in [-0.39, 0.29) is 0 Å². The molecule has 1 fully saturated rings. The number of hydrogen-bond acceptors (Lipinski definition) is 3. The third-order valence-electron chi connectivity index (χ3n) is 4.11. The highest BCUT2D eigenvalue weighted by atomic mass is 16.5. The van der Waals surface area contributed by atoms with Crippen molar-refractivity contribution >= 4 is 10.9 Å². The molecule has 0 unspecified atom stereocenters. The SMILES string of the molecule is COc1ccc2[nH]c(C)c(CCN3CCOCC3)c2c1. The van der Waals surface area contributed by atoms with Gasteiger partial charge in [0.15, 0.2) is 0 Å². The van der Waals surface area contributed by atoms with E-state index in [9.17, 15) is 0 Å². The van der Waals surface area contributed by atoms with Crippen molar-refractivity contribution in [1.82, 2.24) is 9.88 Å². The Morgan fingerprint density at radius 2 is 2.10 bits per heavy atom. The lowest BCUT2D eigenvalue weighted by molar-refractivity contribution is 0.0384. The highest BCUT2D eigenvalue weighted by Gasteiger charge is 2.13. The maximum atomic E-state index is 5.40. The molecular formula is C16H22N2O2. The van der Waals surface area contributed by atoms with Crippen LogP contribution in [0.15, 0.2) is 18.2 Å². The number of H-pyrrole nitrogens is 1. The number of benzene rings is 1. The van der Waals surface area contributed by atoms with E-state index in [1.54, 1.807) is 7.11 Å². The first-order chi connectivity index (χ1) is 9.78. The lowest BCUT2D eigenvalue weighted by Gasteiger charge is -2.26. The minimum absolute atomic E-state index is 0.862. The molecule has 108 valence electrons. The van der Waals surface area contributed by atoms with Crippen LogP contribution < -0.4 is 4.74 Å². The summed E-state index contributed by atoms with van der Waals surface area (Å²) in [5.74, 6) is 0.920. The van der Waals surface area contributed by atoms with Crippen molar-refractivity contribution in [3.8, 4) is 5.75 Å². The smallest absolute Gasteiger partial charge is 0.119 e. The summed E-state index contributed by atoms with van der Waals surface area (Å²) >= 11 is 0. The lowest BCUT2D eigenvalue weighted by atomic mass is 10.1. The van der Waals surface area contributed by atoms with E-state index in [1.807, 2.05) is 6.07 Å². The third-order valence-corrected chi connectivity index (χ3v) is 4.11. The van der Waals surface area contributed by atoms with Crippen LogP contribution in [-0.2, 0) is 11.2 Å². The van der Waals surface area contributed by atoms with Gasteiger partial charge in [0.1, 0.15) is 5.75 Å². The van der Waals surface area contributed by atoms with Gasteiger partial charge in [0.25, 0.3) is 0 Å². The number of aromatic nitrogens is 1. The predicted molar refractivity (Wildman–Crippen MR) is 80.6 cm³/mol. The zero-order chi connectivity index (χ0) is 13.9. The fraction of sp³-hybridized carbons (Fsp3) is 0.500. The fourth-order valence-corrected chi connectivity index (χ4v) is 2.91. The molecule has 4 heteroatoms. The molecule has 0 atom stereocenters. The summed E-state index contributed by atoms with van der Waals surface area (Å²) < 4.78 is 10.7. The van der Waals surface area contributed by atoms with Gasteiger partial charge in [0.2, 0.25) is 0 Å². The molecule has 0 spiro atoms. The highest BCUT2D eigenvalue weighted by molar-refractivity contribution is 5.86. The molecule has 0 radical (unpaired) electrons. The fourth-order valence-electron chi connectivity index (χ4n) is 2.91. The molecule has 1 aliphatic rings. The summed E-state index contributed by atoms with van der Waals surface area (Å²) in [7, 11) is 1.72. The van der Waals surface area contributed by atoms with Crippen LogP contribution in [0.1, 0.15) is 11.3 Å². The average molecular weight is 274 g/mol. The number of hydrogen-bond donors (Lipinski definition) is 1. The van der Waals surface area contributed by atoms with Gasteiger partial charge in [-0.25, -0.2) is 0 Å². The van der Waals surface area contributed by atoms with Crippen LogP contribution in [0, 0.1) is 6.92 Å². The summed E-state index contributed by atoms with van der Waals surface area (Å²) in [4.78, 5) is 5.94. The molecule has 0 bridgehead atoms. The van der Waals surface area contributed by atoms with Crippen LogP contribution >= 0.6 is 0 Å². The van der Waals surface area contributed by atoms with Crippen molar-refractivity contribution in [1.29, 1.82) is 0 Å². The van der Waals surface area contributed by atoms with Gasteiger partial charge in [-0.1, -0.05) is 0 Å². The van der Waals surface area contributed by atoms with E-state index >= 15 is 0 Å². The largest absolute Gasteiger partial charge is 0.497 e. The number of nitrogens with one attached hydrogen (secondary N) is 1. The summed E-state index contributed by atoms with van der Waals surface area (Å²) in [5.41, 5.74) is 3.87. The van der Waals surface area contributed by atoms with Gasteiger partial charge in [-0.15, -0.1) is 0 Å². The molecule has 1 aromatic carbocycles. The van der Waals surface area contributed by atoms with Crippen LogP contribution in [0.25, 0.3) is 10.9 Å². The lowest BCUT2D eigenvalue weighted by Crippen LogP contribution is -2.37. The summed E-state index contributed by atoms with van der Waals surface area (Å²) in [6.45, 7) is 7.06. The molecule has 1 aliphatic heterocycles. The topological polar surface area (TPSA) is 37.5 Å². The Morgan fingerprint density at radius 1 is 1.30 bits per heavy atom. The first-order valence-corrected chi connectivity index (χ1v) is 7.23. The Hall–Kier alpha value is -1.52. The minimum Gasteiger partial charge on any atom is -0.497 e. The van der Waals surface area contributed by atoms with Crippen molar-refractivity contribution < 1.29 is 9.47 Å². The third kappa shape index (κ3) is 2.67. The number of fused-ring (bicyclic) bond motifs is 1. The van der Waals surface area contributed by atoms with Gasteiger partial charge >= 0.3 is 0 Å². The van der Waals surface area contributed by atoms with Crippen LogP contribution in [0.3, 0.4) is 0 Å². The first kappa shape index (κ1) is 13.5. The molecule has 1 saturated heterocycles. The van der Waals surface area contributed by atoms with Gasteiger partial charge < -0.3 is 14.5 Å². The molecular weight excluding hydrogens is 252 g/mol. The van der Waals surface area contributed by atoms with E-state index in [0.29, 0.717) is 0 Å². The van der Waals surface area contributed by atoms with Gasteiger partial charge in [-0.2, -0.15) is 0 Å². The Morgan fingerprint density at radius 3 is 2.85 bits per heavy atom. The Labute approximate surface area is 119 Å². The Bertz CT molecular complexity index is 585.